The summed E-state index contributed by atoms with van der Waals surface area (Å²) in [5, 5.41) is 0.417. The summed E-state index contributed by atoms with van der Waals surface area (Å²) >= 11 is 5.89. The number of ketones is 1. The normalized spacial score (nSPS) is 11.6. The maximum absolute atomic E-state index is 12.2. The van der Waals surface area contributed by atoms with Gasteiger partial charge in [0.2, 0.25) is 0 Å². The van der Waals surface area contributed by atoms with Gasteiger partial charge in [-0.3, -0.25) is 9.78 Å². The highest BCUT2D eigenvalue weighted by molar-refractivity contribution is 6.31. The maximum Gasteiger partial charge on any atom is 0.454 e. The van der Waals surface area contributed by atoms with Gasteiger partial charge in [0.1, 0.15) is 0 Å². The van der Waals surface area contributed by atoms with Gasteiger partial charge in [-0.05, 0) is 17.7 Å². The molecule has 0 aliphatic heterocycles. The maximum atomic E-state index is 12.2. The third-order valence-corrected chi connectivity index (χ3v) is 2.82. The lowest BCUT2D eigenvalue weighted by molar-refractivity contribution is -0.0885. The number of halogens is 4. The Morgan fingerprint density at radius 2 is 2.11 bits per heavy atom. The number of aromatic nitrogens is 2. The number of alkyl halides is 3. The molecule has 0 fully saturated rings. The van der Waals surface area contributed by atoms with Crippen molar-refractivity contribution in [1.29, 1.82) is 0 Å². The van der Waals surface area contributed by atoms with Gasteiger partial charge in [-0.2, -0.15) is 13.2 Å². The second-order valence-corrected chi connectivity index (χ2v) is 4.27. The average molecular weight is 289 g/mol. The molecule has 2 aromatic heterocycles. The molecule has 3 nitrogen and oxygen atoms in total. The Morgan fingerprint density at radius 3 is 2.74 bits per heavy atom. The van der Waals surface area contributed by atoms with Crippen molar-refractivity contribution < 1.29 is 18.0 Å². The van der Waals surface area contributed by atoms with Crippen LogP contribution in [0.15, 0.2) is 36.9 Å². The fourth-order valence-electron chi connectivity index (χ4n) is 1.57. The van der Waals surface area contributed by atoms with Gasteiger partial charge >= 0.3 is 6.18 Å². The van der Waals surface area contributed by atoms with Crippen molar-refractivity contribution in [2.45, 2.75) is 12.7 Å². The van der Waals surface area contributed by atoms with Gasteiger partial charge < -0.3 is 4.57 Å². The van der Waals surface area contributed by atoms with Crippen LogP contribution >= 0.6 is 11.6 Å². The Hall–Kier alpha value is -1.82. The van der Waals surface area contributed by atoms with E-state index >= 15 is 0 Å². The number of rotatable bonds is 3. The highest BCUT2D eigenvalue weighted by atomic mass is 35.5. The topological polar surface area (TPSA) is 34.9 Å². The molecule has 7 heteroatoms. The first-order valence-corrected chi connectivity index (χ1v) is 5.61. The van der Waals surface area contributed by atoms with Gasteiger partial charge in [0.15, 0.2) is 0 Å². The summed E-state index contributed by atoms with van der Waals surface area (Å²) in [5.74, 6) is -1.85. The lowest BCUT2D eigenvalue weighted by atomic mass is 10.2. The first kappa shape index (κ1) is 13.6. The summed E-state index contributed by atoms with van der Waals surface area (Å²) in [6.07, 6.45) is 0.664. The van der Waals surface area contributed by atoms with E-state index < -0.39 is 17.5 Å². The van der Waals surface area contributed by atoms with E-state index in [-0.39, 0.29) is 6.54 Å². The van der Waals surface area contributed by atoms with E-state index in [9.17, 15) is 18.0 Å². The Morgan fingerprint density at radius 1 is 1.37 bits per heavy atom. The van der Waals surface area contributed by atoms with E-state index in [1.165, 1.54) is 23.2 Å². The van der Waals surface area contributed by atoms with Gasteiger partial charge in [-0.1, -0.05) is 11.6 Å². The van der Waals surface area contributed by atoms with Gasteiger partial charge in [0.05, 0.1) is 5.02 Å². The summed E-state index contributed by atoms with van der Waals surface area (Å²) in [5.41, 5.74) is 0.316. The Balaban J connectivity index is 2.19. The lowest BCUT2D eigenvalue weighted by Crippen LogP contribution is -2.22. The van der Waals surface area contributed by atoms with E-state index in [1.807, 2.05) is 0 Å². The van der Waals surface area contributed by atoms with Crippen LogP contribution in [0, 0.1) is 0 Å². The molecule has 0 spiro atoms. The standard InChI is InChI=1S/C12H8ClF3N2O/c13-10-5-17-3-1-8(10)6-18-4-2-9(7-18)11(19)12(14,15)16/h1-5,7H,6H2. The van der Waals surface area contributed by atoms with E-state index in [1.54, 1.807) is 6.07 Å². The molecule has 2 rings (SSSR count). The molecule has 0 aromatic carbocycles. The first-order chi connectivity index (χ1) is 8.88. The second-order valence-electron chi connectivity index (χ2n) is 3.87. The molecule has 0 unspecified atom stereocenters. The van der Waals surface area contributed by atoms with E-state index in [0.29, 0.717) is 10.6 Å². The van der Waals surface area contributed by atoms with Crippen LogP contribution in [0.2, 0.25) is 5.02 Å². The zero-order valence-electron chi connectivity index (χ0n) is 9.49. The molecule has 0 aliphatic rings. The molecule has 0 saturated carbocycles. The SMILES string of the molecule is O=C(c1ccn(Cc2ccncc2Cl)c1)C(F)(F)F. The predicted octanol–water partition coefficient (Wildman–Crippen LogP) is 3.33. The van der Waals surface area contributed by atoms with E-state index in [4.69, 9.17) is 11.6 Å². The van der Waals surface area contributed by atoms with Gasteiger partial charge in [0, 0.05) is 36.9 Å². The molecule has 19 heavy (non-hydrogen) atoms. The number of hydrogen-bond donors (Lipinski definition) is 0. The third kappa shape index (κ3) is 3.14. The Kier molecular flexibility index (Phi) is 3.61. The highest BCUT2D eigenvalue weighted by Crippen LogP contribution is 2.22. The minimum Gasteiger partial charge on any atom is -0.349 e. The highest BCUT2D eigenvalue weighted by Gasteiger charge is 2.39. The molecule has 0 atom stereocenters. The zero-order valence-corrected chi connectivity index (χ0v) is 10.2. The van der Waals surface area contributed by atoms with Gasteiger partial charge in [-0.25, -0.2) is 0 Å². The third-order valence-electron chi connectivity index (χ3n) is 2.48. The predicted molar refractivity (Wildman–Crippen MR) is 63.2 cm³/mol. The second kappa shape index (κ2) is 5.05. The van der Waals surface area contributed by atoms with E-state index in [0.717, 1.165) is 12.3 Å². The van der Waals surface area contributed by atoms with Crippen molar-refractivity contribution in [3.8, 4) is 0 Å². The molecule has 2 heterocycles. The summed E-state index contributed by atoms with van der Waals surface area (Å²) < 4.78 is 38.2. The molecule has 0 amide bonds. The van der Waals surface area contributed by atoms with Crippen molar-refractivity contribution in [2.75, 3.05) is 0 Å². The zero-order chi connectivity index (χ0) is 14.0. The van der Waals surface area contributed by atoms with Gasteiger partial charge in [0.25, 0.3) is 5.78 Å². The monoisotopic (exact) mass is 288 g/mol. The summed E-state index contributed by atoms with van der Waals surface area (Å²) in [7, 11) is 0. The summed E-state index contributed by atoms with van der Waals surface area (Å²) in [4.78, 5) is 14.8. The van der Waals surface area contributed by atoms with Crippen LogP contribution in [0.1, 0.15) is 15.9 Å². The Labute approximate surface area is 111 Å². The van der Waals surface area contributed by atoms with Crippen molar-refractivity contribution in [1.82, 2.24) is 9.55 Å². The minimum absolute atomic E-state index is 0.270. The van der Waals surface area contributed by atoms with Crippen molar-refractivity contribution in [2.24, 2.45) is 0 Å². The largest absolute Gasteiger partial charge is 0.454 e. The van der Waals surface area contributed by atoms with Crippen LogP contribution in [0.3, 0.4) is 0 Å². The fraction of sp³-hybridized carbons (Fsp3) is 0.167. The van der Waals surface area contributed by atoms with Crippen LogP contribution in [-0.4, -0.2) is 21.5 Å². The quantitative estimate of drug-likeness (QED) is 0.812. The minimum atomic E-state index is -4.86. The molecular formula is C12H8ClF3N2O. The molecule has 2 aromatic rings. The number of pyridine rings is 1. The van der Waals surface area contributed by atoms with E-state index in [2.05, 4.69) is 4.98 Å². The molecule has 0 bridgehead atoms. The number of carbonyl (C=O) groups is 1. The van der Waals surface area contributed by atoms with Crippen molar-refractivity contribution >= 4 is 17.4 Å². The summed E-state index contributed by atoms with van der Waals surface area (Å²) in [6.45, 7) is 0.270. The van der Waals surface area contributed by atoms with Crippen molar-refractivity contribution in [3.05, 3.63) is 53.1 Å². The van der Waals surface area contributed by atoms with Crippen LogP contribution in [-0.2, 0) is 6.54 Å². The molecular weight excluding hydrogens is 281 g/mol. The molecule has 100 valence electrons. The lowest BCUT2D eigenvalue weighted by Gasteiger charge is -2.05. The smallest absolute Gasteiger partial charge is 0.349 e. The number of hydrogen-bond acceptors (Lipinski definition) is 2. The summed E-state index contributed by atoms with van der Waals surface area (Å²) in [6, 6.07) is 2.79. The molecule has 0 saturated heterocycles. The van der Waals surface area contributed by atoms with Crippen LogP contribution in [0.5, 0.6) is 0 Å². The number of nitrogens with zero attached hydrogens (tertiary/aromatic N) is 2. The number of Topliss-reactive ketones (excluding diaryl/α,β-unsaturated/α-hetero) is 1. The van der Waals surface area contributed by atoms with Crippen molar-refractivity contribution in [3.63, 3.8) is 0 Å². The molecule has 0 radical (unpaired) electrons. The average Bonchev–Trinajstić information content (AvgIpc) is 2.78. The molecule has 0 aliphatic carbocycles. The van der Waals surface area contributed by atoms with Crippen LogP contribution < -0.4 is 0 Å². The van der Waals surface area contributed by atoms with Gasteiger partial charge in [-0.15, -0.1) is 0 Å². The van der Waals surface area contributed by atoms with Crippen LogP contribution in [0.4, 0.5) is 13.2 Å². The number of carbonyl (C=O) groups excluding carboxylic acids is 1. The first-order valence-electron chi connectivity index (χ1n) is 5.23. The fourth-order valence-corrected chi connectivity index (χ4v) is 1.75. The Bertz CT molecular complexity index is 607. The molecule has 0 N–H and O–H groups in total. The van der Waals surface area contributed by atoms with Crippen LogP contribution in [0.25, 0.3) is 0 Å².